The fourth-order valence-electron chi connectivity index (χ4n) is 5.72. The van der Waals surface area contributed by atoms with Crippen LogP contribution in [-0.2, 0) is 14.3 Å². The van der Waals surface area contributed by atoms with Crippen LogP contribution in [0.4, 0.5) is 5.82 Å². The molecule has 35 heavy (non-hydrogen) atoms. The summed E-state index contributed by atoms with van der Waals surface area (Å²) in [7, 11) is 0. The summed E-state index contributed by atoms with van der Waals surface area (Å²) in [5.41, 5.74) is 1.65. The number of ether oxygens (including phenoxy) is 2. The molecule has 8 nitrogen and oxygen atoms in total. The molecular weight excluding hydrogens is 514 g/mol. The highest BCUT2D eigenvalue weighted by atomic mass is 79.9. The van der Waals surface area contributed by atoms with Crippen molar-refractivity contribution in [2.24, 2.45) is 5.92 Å². The molecule has 4 aliphatic heterocycles. The Morgan fingerprint density at radius 1 is 1.00 bits per heavy atom. The van der Waals surface area contributed by atoms with Crippen molar-refractivity contribution in [3.63, 3.8) is 0 Å². The number of para-hydroxylation sites is 2. The van der Waals surface area contributed by atoms with Crippen molar-refractivity contribution in [1.82, 2.24) is 5.16 Å². The van der Waals surface area contributed by atoms with Crippen LogP contribution >= 0.6 is 0 Å². The summed E-state index contributed by atoms with van der Waals surface area (Å²) in [6.07, 6.45) is 3.10. The van der Waals surface area contributed by atoms with Gasteiger partial charge in [-0.15, -0.1) is 0 Å². The van der Waals surface area contributed by atoms with E-state index in [9.17, 15) is 9.59 Å². The van der Waals surface area contributed by atoms with Crippen LogP contribution < -0.4 is 27.0 Å². The number of nitrogens with zero attached hydrogens (tertiary/aromatic N) is 2. The summed E-state index contributed by atoms with van der Waals surface area (Å²) in [6, 6.07) is 16.9. The van der Waals surface area contributed by atoms with Gasteiger partial charge in [-0.2, -0.15) is 0 Å². The Hall–Kier alpha value is -3.17. The van der Waals surface area contributed by atoms with Crippen LogP contribution in [0.25, 0.3) is 0 Å². The van der Waals surface area contributed by atoms with E-state index in [0.717, 1.165) is 37.1 Å². The second kappa shape index (κ2) is 9.47. The standard InChI is InChI=1S/C26H25N3O5.BrH/c30-24(27-23-11-14-32-28-23)16-29-12-9-17(10-13-29)22(15-29)34-26(31)25-18-5-1-3-7-20(18)33-21-8-4-2-6-19(21)25;/h1-8,11,14,17,22,25H,9-10,12-13,15-16H2;1H/t17?,22-,29?;/m0./s1. The number of esters is 1. The van der Waals surface area contributed by atoms with E-state index < -0.39 is 5.92 Å². The predicted molar refractivity (Wildman–Crippen MR) is 122 cm³/mol. The van der Waals surface area contributed by atoms with E-state index in [0.29, 0.717) is 40.8 Å². The number of carbonyl (C=O) groups is 2. The molecule has 2 aromatic carbocycles. The molecule has 3 saturated heterocycles. The van der Waals surface area contributed by atoms with Crippen LogP contribution in [-0.4, -0.2) is 53.8 Å². The Morgan fingerprint density at radius 3 is 2.29 bits per heavy atom. The zero-order chi connectivity index (χ0) is 23.1. The Kier molecular flexibility index (Phi) is 6.37. The van der Waals surface area contributed by atoms with Gasteiger partial charge in [-0.05, 0) is 12.1 Å². The summed E-state index contributed by atoms with van der Waals surface area (Å²) in [5, 5.41) is 6.55. The van der Waals surface area contributed by atoms with E-state index in [4.69, 9.17) is 14.0 Å². The van der Waals surface area contributed by atoms with Gasteiger partial charge in [-0.1, -0.05) is 41.6 Å². The summed E-state index contributed by atoms with van der Waals surface area (Å²) in [4.78, 5) is 26.3. The lowest BCUT2D eigenvalue weighted by Gasteiger charge is -2.51. The molecule has 0 spiro atoms. The third kappa shape index (κ3) is 4.46. The molecule has 1 atom stereocenters. The number of halogens is 1. The second-order valence-electron chi connectivity index (χ2n) is 9.49. The van der Waals surface area contributed by atoms with Crippen molar-refractivity contribution in [1.29, 1.82) is 0 Å². The Morgan fingerprint density at radius 2 is 1.66 bits per heavy atom. The van der Waals surface area contributed by atoms with Crippen molar-refractivity contribution in [2.45, 2.75) is 24.9 Å². The van der Waals surface area contributed by atoms with Gasteiger partial charge in [-0.3, -0.25) is 9.59 Å². The lowest BCUT2D eigenvalue weighted by molar-refractivity contribution is -0.938. The molecule has 5 heterocycles. The van der Waals surface area contributed by atoms with Gasteiger partial charge < -0.3 is 40.8 Å². The molecule has 0 unspecified atom stereocenters. The Bertz CT molecular complexity index is 1180. The van der Waals surface area contributed by atoms with Crippen LogP contribution in [0, 0.1) is 5.92 Å². The van der Waals surface area contributed by atoms with Crippen LogP contribution in [0.5, 0.6) is 11.5 Å². The molecule has 3 fully saturated rings. The van der Waals surface area contributed by atoms with Crippen molar-refractivity contribution >= 4 is 17.7 Å². The minimum atomic E-state index is -0.527. The molecule has 1 N–H and O–H groups in total. The number of anilines is 1. The molecule has 1 aromatic heterocycles. The number of amides is 1. The van der Waals surface area contributed by atoms with Gasteiger partial charge in [0.1, 0.15) is 30.2 Å². The molecule has 4 aliphatic rings. The molecule has 1 amide bonds. The number of rotatable bonds is 5. The number of nitrogens with one attached hydrogen (secondary N) is 1. The van der Waals surface area contributed by atoms with Crippen molar-refractivity contribution < 1.29 is 45.1 Å². The van der Waals surface area contributed by atoms with Crippen molar-refractivity contribution in [2.75, 3.05) is 31.5 Å². The van der Waals surface area contributed by atoms with Gasteiger partial charge in [0.05, 0.1) is 13.1 Å². The lowest BCUT2D eigenvalue weighted by atomic mass is 9.82. The van der Waals surface area contributed by atoms with Crippen LogP contribution in [0.1, 0.15) is 29.9 Å². The summed E-state index contributed by atoms with van der Waals surface area (Å²) >= 11 is 0. The molecule has 2 bridgehead atoms. The first-order valence-corrected chi connectivity index (χ1v) is 11.7. The van der Waals surface area contributed by atoms with E-state index in [1.165, 1.54) is 6.26 Å². The maximum absolute atomic E-state index is 13.6. The van der Waals surface area contributed by atoms with Crippen molar-refractivity contribution in [3.05, 3.63) is 72.0 Å². The maximum atomic E-state index is 13.6. The van der Waals surface area contributed by atoms with Crippen molar-refractivity contribution in [3.8, 4) is 11.5 Å². The monoisotopic (exact) mass is 539 g/mol. The van der Waals surface area contributed by atoms with Crippen LogP contribution in [0.15, 0.2) is 65.4 Å². The number of piperidine rings is 3. The summed E-state index contributed by atoms with van der Waals surface area (Å²) in [6.45, 7) is 2.80. The van der Waals surface area contributed by atoms with E-state index in [-0.39, 0.29) is 35.0 Å². The minimum absolute atomic E-state index is 0. The zero-order valence-electron chi connectivity index (χ0n) is 19.1. The Balaban J connectivity index is 0.00000253. The zero-order valence-corrected chi connectivity index (χ0v) is 20.6. The normalized spacial score (nSPS) is 24.3. The molecular formula is C26H26BrN3O5. The van der Waals surface area contributed by atoms with Gasteiger partial charge in [0.15, 0.2) is 18.5 Å². The number of fused-ring (bicyclic) bond motifs is 5. The van der Waals surface area contributed by atoms with Crippen LogP contribution in [0.2, 0.25) is 0 Å². The quantitative estimate of drug-likeness (QED) is 0.379. The maximum Gasteiger partial charge on any atom is 0.318 e. The predicted octanol–water partition coefficient (Wildman–Crippen LogP) is 0.707. The smallest absolute Gasteiger partial charge is 0.318 e. The Labute approximate surface area is 213 Å². The molecule has 9 heteroatoms. The number of hydrogen-bond donors (Lipinski definition) is 1. The summed E-state index contributed by atoms with van der Waals surface area (Å²) in [5.74, 6) is 1.22. The molecule has 7 rings (SSSR count). The number of aromatic nitrogens is 1. The van der Waals surface area contributed by atoms with Gasteiger partial charge in [0, 0.05) is 36.0 Å². The van der Waals surface area contributed by atoms with E-state index in [1.807, 2.05) is 48.5 Å². The molecule has 0 saturated carbocycles. The highest BCUT2D eigenvalue weighted by Gasteiger charge is 2.49. The first kappa shape index (κ1) is 23.6. The first-order valence-electron chi connectivity index (χ1n) is 11.7. The van der Waals surface area contributed by atoms with E-state index in [1.54, 1.807) is 6.07 Å². The third-order valence-corrected chi connectivity index (χ3v) is 7.41. The largest absolute Gasteiger partial charge is 1.00 e. The van der Waals surface area contributed by atoms with Crippen LogP contribution in [0.3, 0.4) is 0 Å². The number of benzene rings is 2. The van der Waals surface area contributed by atoms with Gasteiger partial charge in [0.2, 0.25) is 0 Å². The number of carbonyl (C=O) groups excluding carboxylic acids is 2. The second-order valence-corrected chi connectivity index (χ2v) is 9.49. The number of quaternary nitrogens is 1. The van der Waals surface area contributed by atoms with Gasteiger partial charge in [0.25, 0.3) is 5.91 Å². The first-order chi connectivity index (χ1) is 16.6. The highest BCUT2D eigenvalue weighted by molar-refractivity contribution is 5.90. The summed E-state index contributed by atoms with van der Waals surface area (Å²) < 4.78 is 17.7. The average molecular weight is 540 g/mol. The molecule has 0 radical (unpaired) electrons. The average Bonchev–Trinajstić information content (AvgIpc) is 3.35. The fraction of sp³-hybridized carbons (Fsp3) is 0.346. The molecule has 0 aliphatic carbocycles. The molecule has 3 aromatic rings. The SMILES string of the molecule is O=C(C[N+]12CCC(CC1)[C@@H](OC(=O)C1c3ccccc3Oc3ccccc31)C2)Nc1ccon1.[Br-]. The van der Waals surface area contributed by atoms with E-state index >= 15 is 0 Å². The molecule has 182 valence electrons. The minimum Gasteiger partial charge on any atom is -1.00 e. The topological polar surface area (TPSA) is 90.7 Å². The van der Waals surface area contributed by atoms with Gasteiger partial charge in [-0.25, -0.2) is 0 Å². The highest BCUT2D eigenvalue weighted by Crippen LogP contribution is 2.45. The van der Waals surface area contributed by atoms with Gasteiger partial charge >= 0.3 is 5.97 Å². The third-order valence-electron chi connectivity index (χ3n) is 7.41. The lowest BCUT2D eigenvalue weighted by Crippen LogP contribution is -3.00. The van der Waals surface area contributed by atoms with E-state index in [2.05, 4.69) is 10.5 Å². The fourth-order valence-corrected chi connectivity index (χ4v) is 5.72. The number of hydrogen-bond acceptors (Lipinski definition) is 6.